The fourth-order valence-corrected chi connectivity index (χ4v) is 9.68. The van der Waals surface area contributed by atoms with Crippen molar-refractivity contribution < 1.29 is 4.74 Å². The van der Waals surface area contributed by atoms with Gasteiger partial charge in [0.2, 0.25) is 0 Å². The van der Waals surface area contributed by atoms with Crippen molar-refractivity contribution in [3.8, 4) is 11.5 Å². The van der Waals surface area contributed by atoms with Gasteiger partial charge in [-0.15, -0.1) is 11.3 Å². The Morgan fingerprint density at radius 3 is 1.98 bits per heavy atom. The molecule has 0 atom stereocenters. The molecule has 0 saturated heterocycles. The molecular weight excluding hydrogens is 651 g/mol. The molecule has 244 valence electrons. The number of hydrogen-bond acceptors (Lipinski definition) is 4. The number of para-hydroxylation sites is 3. The van der Waals surface area contributed by atoms with Crippen molar-refractivity contribution in [2.45, 2.75) is 6.92 Å². The Bertz CT molecular complexity index is 2810. The van der Waals surface area contributed by atoms with Crippen molar-refractivity contribution >= 4 is 99.5 Å². The maximum absolute atomic E-state index is 6.99. The third kappa shape index (κ3) is 4.39. The van der Waals surface area contributed by atoms with Gasteiger partial charge in [0.05, 0.1) is 0 Å². The zero-order valence-corrected chi connectivity index (χ0v) is 29.3. The van der Waals surface area contributed by atoms with Gasteiger partial charge in [-0.2, -0.15) is 0 Å². The lowest BCUT2D eigenvalue weighted by atomic mass is 9.33. The summed E-state index contributed by atoms with van der Waals surface area (Å²) >= 11 is 1.86. The van der Waals surface area contributed by atoms with Gasteiger partial charge in [0.1, 0.15) is 11.5 Å². The highest BCUT2D eigenvalue weighted by atomic mass is 32.1. The van der Waals surface area contributed by atoms with Gasteiger partial charge in [-0.25, -0.2) is 0 Å². The van der Waals surface area contributed by atoms with Gasteiger partial charge < -0.3 is 14.5 Å². The monoisotopic (exact) mass is 682 g/mol. The Labute approximate surface area is 306 Å². The van der Waals surface area contributed by atoms with E-state index in [0.29, 0.717) is 0 Å². The van der Waals surface area contributed by atoms with Crippen molar-refractivity contribution in [3.63, 3.8) is 0 Å². The van der Waals surface area contributed by atoms with Crippen LogP contribution >= 0.6 is 11.3 Å². The maximum atomic E-state index is 6.99. The SMILES string of the molecule is Cc1cc2c3c(c1)N(c1ccccc1)c1ccc4ccccc4c1B3c1cc3sc4cc(N(c5ccccc5)c5ccccc5)ccc4c3cc1O2. The van der Waals surface area contributed by atoms with Crippen LogP contribution in [-0.4, -0.2) is 6.71 Å². The zero-order valence-electron chi connectivity index (χ0n) is 28.5. The van der Waals surface area contributed by atoms with E-state index >= 15 is 0 Å². The van der Waals surface area contributed by atoms with Crippen LogP contribution in [0.25, 0.3) is 30.9 Å². The van der Waals surface area contributed by atoms with E-state index in [2.05, 4.69) is 187 Å². The molecule has 0 N–H and O–H groups in total. The molecule has 5 heteroatoms. The first-order valence-electron chi connectivity index (χ1n) is 17.8. The molecule has 0 amide bonds. The van der Waals surface area contributed by atoms with Gasteiger partial charge in [0.15, 0.2) is 0 Å². The highest BCUT2D eigenvalue weighted by Gasteiger charge is 2.43. The van der Waals surface area contributed by atoms with Gasteiger partial charge in [0.25, 0.3) is 6.71 Å². The number of thiophene rings is 1. The fourth-order valence-electron chi connectivity index (χ4n) is 8.51. The summed E-state index contributed by atoms with van der Waals surface area (Å²) in [5.41, 5.74) is 11.9. The van der Waals surface area contributed by atoms with E-state index in [0.717, 1.165) is 34.2 Å². The summed E-state index contributed by atoms with van der Waals surface area (Å²) in [6.45, 7) is 2.19. The minimum atomic E-state index is 0.0206. The zero-order chi connectivity index (χ0) is 34.3. The Morgan fingerprint density at radius 1 is 0.519 bits per heavy atom. The number of nitrogens with zero attached hydrogens (tertiary/aromatic N) is 2. The fraction of sp³-hybridized carbons (Fsp3) is 0.0213. The van der Waals surface area contributed by atoms with Crippen molar-refractivity contribution in [1.82, 2.24) is 0 Å². The summed E-state index contributed by atoms with van der Waals surface area (Å²) in [7, 11) is 0. The maximum Gasteiger partial charge on any atom is 0.257 e. The predicted octanol–water partition coefficient (Wildman–Crippen LogP) is 11.4. The molecule has 0 saturated carbocycles. The third-order valence-corrected chi connectivity index (χ3v) is 11.8. The van der Waals surface area contributed by atoms with Crippen LogP contribution in [0.4, 0.5) is 34.1 Å². The molecule has 52 heavy (non-hydrogen) atoms. The lowest BCUT2D eigenvalue weighted by Gasteiger charge is -2.40. The molecule has 9 aromatic rings. The lowest BCUT2D eigenvalue weighted by molar-refractivity contribution is 0.488. The molecule has 0 spiro atoms. The van der Waals surface area contributed by atoms with E-state index in [1.165, 1.54) is 64.3 Å². The molecule has 11 rings (SSSR count). The number of fused-ring (bicyclic) bond motifs is 9. The molecule has 0 aliphatic carbocycles. The highest BCUT2D eigenvalue weighted by Crippen LogP contribution is 2.45. The van der Waals surface area contributed by atoms with Gasteiger partial charge in [-0.1, -0.05) is 91.0 Å². The molecule has 2 aliphatic heterocycles. The third-order valence-electron chi connectivity index (χ3n) is 10.7. The first kappa shape index (κ1) is 29.4. The van der Waals surface area contributed by atoms with Crippen LogP contribution in [0.3, 0.4) is 0 Å². The van der Waals surface area contributed by atoms with E-state index < -0.39 is 0 Å². The average Bonchev–Trinajstić information content (AvgIpc) is 3.54. The van der Waals surface area contributed by atoms with Crippen LogP contribution in [0.5, 0.6) is 11.5 Å². The van der Waals surface area contributed by atoms with Crippen LogP contribution in [0.15, 0.2) is 170 Å². The van der Waals surface area contributed by atoms with Crippen molar-refractivity contribution in [2.24, 2.45) is 0 Å². The van der Waals surface area contributed by atoms with Crippen LogP contribution in [0.2, 0.25) is 0 Å². The van der Waals surface area contributed by atoms with E-state index in [-0.39, 0.29) is 6.71 Å². The molecule has 1 aromatic heterocycles. The van der Waals surface area contributed by atoms with Crippen molar-refractivity contribution in [1.29, 1.82) is 0 Å². The summed E-state index contributed by atoms with van der Waals surface area (Å²) in [5, 5.41) is 5.00. The lowest BCUT2D eigenvalue weighted by Crippen LogP contribution is -2.59. The second-order valence-electron chi connectivity index (χ2n) is 13.8. The smallest absolute Gasteiger partial charge is 0.257 e. The molecule has 0 fully saturated rings. The molecule has 0 bridgehead atoms. The number of hydrogen-bond donors (Lipinski definition) is 0. The largest absolute Gasteiger partial charge is 0.458 e. The first-order chi connectivity index (χ1) is 25.7. The average molecular weight is 683 g/mol. The highest BCUT2D eigenvalue weighted by molar-refractivity contribution is 7.26. The standard InChI is InChI=1S/C47H31BN2OS/c1-30-25-41-47-43(26-30)51-42-28-38-37-23-22-35(49(32-14-5-2-6-15-32)33-16-7-3-8-17-33)27-44(37)52-45(38)29-39(42)48(47)46-36-20-12-11-13-31(36)21-24-40(46)50(41)34-18-9-4-10-19-34/h2-29H,1H3. The minimum Gasteiger partial charge on any atom is -0.458 e. The van der Waals surface area contributed by atoms with Crippen LogP contribution in [-0.2, 0) is 0 Å². The topological polar surface area (TPSA) is 15.7 Å². The number of benzene rings is 8. The summed E-state index contributed by atoms with van der Waals surface area (Å²) in [4.78, 5) is 4.77. The van der Waals surface area contributed by atoms with E-state index in [9.17, 15) is 0 Å². The summed E-state index contributed by atoms with van der Waals surface area (Å²) in [6, 6.07) is 61.5. The molecule has 0 unspecified atom stereocenters. The Kier molecular flexibility index (Phi) is 6.43. The number of ether oxygens (including phenoxy) is 1. The number of rotatable bonds is 4. The number of aryl methyl sites for hydroxylation is 1. The van der Waals surface area contributed by atoms with E-state index in [1.54, 1.807) is 0 Å². The van der Waals surface area contributed by atoms with Gasteiger partial charge in [-0.05, 0) is 119 Å². The van der Waals surface area contributed by atoms with Gasteiger partial charge in [-0.3, -0.25) is 0 Å². The Hall–Kier alpha value is -6.30. The van der Waals surface area contributed by atoms with Gasteiger partial charge >= 0.3 is 0 Å². The minimum absolute atomic E-state index is 0.0206. The second-order valence-corrected chi connectivity index (χ2v) is 14.9. The van der Waals surface area contributed by atoms with E-state index in [1.807, 2.05) is 11.3 Å². The van der Waals surface area contributed by atoms with Gasteiger partial charge in [0, 0.05) is 54.3 Å². The van der Waals surface area contributed by atoms with Crippen molar-refractivity contribution in [3.05, 3.63) is 175 Å². The van der Waals surface area contributed by atoms with Crippen LogP contribution in [0.1, 0.15) is 5.56 Å². The molecule has 2 aliphatic rings. The Morgan fingerprint density at radius 2 is 1.21 bits per heavy atom. The van der Waals surface area contributed by atoms with Crippen LogP contribution < -0.4 is 30.9 Å². The molecule has 0 radical (unpaired) electrons. The van der Waals surface area contributed by atoms with E-state index in [4.69, 9.17) is 4.74 Å². The summed E-state index contributed by atoms with van der Waals surface area (Å²) < 4.78 is 9.51. The molecule has 3 nitrogen and oxygen atoms in total. The Balaban J connectivity index is 1.14. The van der Waals surface area contributed by atoms with Crippen LogP contribution in [0, 0.1) is 6.92 Å². The normalized spacial score (nSPS) is 12.8. The summed E-state index contributed by atoms with van der Waals surface area (Å²) in [5.74, 6) is 1.88. The quantitative estimate of drug-likeness (QED) is 0.172. The summed E-state index contributed by atoms with van der Waals surface area (Å²) in [6.07, 6.45) is 0. The number of anilines is 6. The second kappa shape index (κ2) is 11.4. The van der Waals surface area contributed by atoms with Crippen molar-refractivity contribution in [2.75, 3.05) is 9.80 Å². The predicted molar refractivity (Wildman–Crippen MR) is 222 cm³/mol. The molecule has 3 heterocycles. The first-order valence-corrected chi connectivity index (χ1v) is 18.6. The molecule has 8 aromatic carbocycles. The molecular formula is C47H31BN2OS.